The molecule has 0 spiro atoms. The molecule has 4 nitrogen and oxygen atoms in total. The summed E-state index contributed by atoms with van der Waals surface area (Å²) in [5.41, 5.74) is -1.55. The maximum atomic E-state index is 13.5. The third-order valence-electron chi connectivity index (χ3n) is 2.42. The lowest BCUT2D eigenvalue weighted by Crippen LogP contribution is -2.18. The van der Waals surface area contributed by atoms with Crippen molar-refractivity contribution >= 4 is 16.9 Å². The number of hydrogen-bond donors (Lipinski definition) is 1. The van der Waals surface area contributed by atoms with Gasteiger partial charge in [-0.25, -0.2) is 13.6 Å². The Morgan fingerprint density at radius 2 is 2.00 bits per heavy atom. The summed E-state index contributed by atoms with van der Waals surface area (Å²) in [6.07, 6.45) is 1.01. The number of benzene rings is 1. The number of carbonyl (C=O) groups is 1. The van der Waals surface area contributed by atoms with Crippen molar-refractivity contribution in [2.24, 2.45) is 7.05 Å². The van der Waals surface area contributed by atoms with Gasteiger partial charge in [-0.05, 0) is 6.07 Å². The van der Waals surface area contributed by atoms with E-state index < -0.39 is 28.6 Å². The Balaban J connectivity index is 3.04. The second kappa shape index (κ2) is 3.65. The standard InChI is InChI=1S/C11H7F2NO3/c1-14-4-7(11(16)17)10(15)6-2-5(12)3-8(13)9(6)14/h2-4H,1H3,(H,16,17). The average molecular weight is 239 g/mol. The van der Waals surface area contributed by atoms with E-state index in [1.165, 1.54) is 7.05 Å². The lowest BCUT2D eigenvalue weighted by molar-refractivity contribution is 0.0695. The lowest BCUT2D eigenvalue weighted by Gasteiger charge is -2.07. The van der Waals surface area contributed by atoms with E-state index in [1.807, 2.05) is 0 Å². The summed E-state index contributed by atoms with van der Waals surface area (Å²) in [4.78, 5) is 22.5. The van der Waals surface area contributed by atoms with Crippen molar-refractivity contribution in [2.45, 2.75) is 0 Å². The van der Waals surface area contributed by atoms with Gasteiger partial charge >= 0.3 is 5.97 Å². The number of aryl methyl sites for hydroxylation is 1. The molecule has 2 rings (SSSR count). The third kappa shape index (κ3) is 1.67. The lowest BCUT2D eigenvalue weighted by atomic mass is 10.1. The monoisotopic (exact) mass is 239 g/mol. The maximum Gasteiger partial charge on any atom is 0.341 e. The zero-order valence-corrected chi connectivity index (χ0v) is 8.70. The molecule has 0 bridgehead atoms. The molecule has 0 unspecified atom stereocenters. The van der Waals surface area contributed by atoms with Crippen molar-refractivity contribution in [3.05, 3.63) is 45.8 Å². The number of fused-ring (bicyclic) bond motifs is 1. The molecule has 1 heterocycles. The fourth-order valence-electron chi connectivity index (χ4n) is 1.71. The van der Waals surface area contributed by atoms with Crippen LogP contribution in [0.1, 0.15) is 10.4 Å². The van der Waals surface area contributed by atoms with E-state index in [4.69, 9.17) is 5.11 Å². The predicted octanol–water partition coefficient (Wildman–Crippen LogP) is 1.51. The summed E-state index contributed by atoms with van der Waals surface area (Å²) in [6, 6.07) is 1.47. The minimum Gasteiger partial charge on any atom is -0.477 e. The molecule has 0 radical (unpaired) electrons. The molecule has 1 aromatic heterocycles. The van der Waals surface area contributed by atoms with Gasteiger partial charge in [-0.3, -0.25) is 4.79 Å². The second-order valence-corrected chi connectivity index (χ2v) is 3.57. The molecule has 0 amide bonds. The molecule has 0 fully saturated rings. The first-order valence-corrected chi connectivity index (χ1v) is 4.63. The molecule has 1 aromatic carbocycles. The van der Waals surface area contributed by atoms with Crippen LogP contribution in [0, 0.1) is 11.6 Å². The van der Waals surface area contributed by atoms with Crippen LogP contribution in [-0.4, -0.2) is 15.6 Å². The molecule has 0 aliphatic heterocycles. The van der Waals surface area contributed by atoms with Gasteiger partial charge in [0, 0.05) is 19.3 Å². The van der Waals surface area contributed by atoms with E-state index in [2.05, 4.69) is 0 Å². The number of halogens is 2. The van der Waals surface area contributed by atoms with E-state index in [1.54, 1.807) is 0 Å². The van der Waals surface area contributed by atoms with Gasteiger partial charge < -0.3 is 9.67 Å². The van der Waals surface area contributed by atoms with E-state index in [-0.39, 0.29) is 10.9 Å². The molecular formula is C11H7F2NO3. The van der Waals surface area contributed by atoms with Crippen molar-refractivity contribution in [2.75, 3.05) is 0 Å². The number of hydrogen-bond acceptors (Lipinski definition) is 2. The average Bonchev–Trinajstić information content (AvgIpc) is 2.21. The second-order valence-electron chi connectivity index (χ2n) is 3.57. The van der Waals surface area contributed by atoms with E-state index in [0.29, 0.717) is 6.07 Å². The zero-order chi connectivity index (χ0) is 12.7. The molecule has 88 valence electrons. The highest BCUT2D eigenvalue weighted by Gasteiger charge is 2.16. The summed E-state index contributed by atoms with van der Waals surface area (Å²) in [6.45, 7) is 0. The highest BCUT2D eigenvalue weighted by Crippen LogP contribution is 2.17. The van der Waals surface area contributed by atoms with Crippen molar-refractivity contribution in [3.8, 4) is 0 Å². The van der Waals surface area contributed by atoms with Crippen molar-refractivity contribution in [1.29, 1.82) is 0 Å². The highest BCUT2D eigenvalue weighted by atomic mass is 19.1. The minimum absolute atomic E-state index is 0.124. The van der Waals surface area contributed by atoms with Gasteiger partial charge in [-0.15, -0.1) is 0 Å². The Hall–Kier alpha value is -2.24. The Morgan fingerprint density at radius 1 is 1.35 bits per heavy atom. The Labute approximate surface area is 93.7 Å². The number of carboxylic acid groups (broad SMARTS) is 1. The predicted molar refractivity (Wildman–Crippen MR) is 56.1 cm³/mol. The first-order chi connectivity index (χ1) is 7.91. The van der Waals surface area contributed by atoms with E-state index in [9.17, 15) is 18.4 Å². The van der Waals surface area contributed by atoms with Crippen LogP contribution in [0.2, 0.25) is 0 Å². The Kier molecular flexibility index (Phi) is 2.42. The largest absolute Gasteiger partial charge is 0.477 e. The molecule has 1 N–H and O–H groups in total. The van der Waals surface area contributed by atoms with Gasteiger partial charge in [0.2, 0.25) is 5.43 Å². The normalized spacial score (nSPS) is 10.8. The molecule has 0 aliphatic rings. The smallest absolute Gasteiger partial charge is 0.341 e. The summed E-state index contributed by atoms with van der Waals surface area (Å²) < 4.78 is 27.6. The topological polar surface area (TPSA) is 59.3 Å². The summed E-state index contributed by atoms with van der Waals surface area (Å²) in [5.74, 6) is -3.26. The third-order valence-corrected chi connectivity index (χ3v) is 2.42. The zero-order valence-electron chi connectivity index (χ0n) is 8.70. The van der Waals surface area contributed by atoms with Crippen molar-refractivity contribution in [3.63, 3.8) is 0 Å². The van der Waals surface area contributed by atoms with Gasteiger partial charge in [0.25, 0.3) is 0 Å². The number of pyridine rings is 1. The molecule has 6 heteroatoms. The number of nitrogens with zero attached hydrogens (tertiary/aromatic N) is 1. The van der Waals surface area contributed by atoms with Crippen LogP contribution in [0.4, 0.5) is 8.78 Å². The first kappa shape index (κ1) is 11.3. The van der Waals surface area contributed by atoms with Gasteiger partial charge in [0.15, 0.2) is 0 Å². The maximum absolute atomic E-state index is 13.5. The summed E-state index contributed by atoms with van der Waals surface area (Å²) >= 11 is 0. The van der Waals surface area contributed by atoms with Gasteiger partial charge in [0.1, 0.15) is 17.2 Å². The van der Waals surface area contributed by atoms with Crippen LogP contribution in [-0.2, 0) is 7.05 Å². The molecule has 2 aromatic rings. The fourth-order valence-corrected chi connectivity index (χ4v) is 1.71. The Bertz CT molecular complexity index is 691. The van der Waals surface area contributed by atoms with E-state index in [0.717, 1.165) is 16.8 Å². The van der Waals surface area contributed by atoms with Crippen LogP contribution in [0.15, 0.2) is 23.1 Å². The minimum atomic E-state index is -1.43. The van der Waals surface area contributed by atoms with Crippen LogP contribution in [0.3, 0.4) is 0 Å². The van der Waals surface area contributed by atoms with Crippen LogP contribution in [0.5, 0.6) is 0 Å². The van der Waals surface area contributed by atoms with Crippen molar-refractivity contribution < 1.29 is 18.7 Å². The van der Waals surface area contributed by atoms with Crippen LogP contribution >= 0.6 is 0 Å². The molecule has 0 saturated carbocycles. The van der Waals surface area contributed by atoms with E-state index >= 15 is 0 Å². The molecular weight excluding hydrogens is 232 g/mol. The molecule has 0 saturated heterocycles. The quantitative estimate of drug-likeness (QED) is 0.820. The summed E-state index contributed by atoms with van der Waals surface area (Å²) in [7, 11) is 1.38. The number of rotatable bonds is 1. The number of carboxylic acids is 1. The highest BCUT2D eigenvalue weighted by molar-refractivity contribution is 5.92. The molecule has 0 aliphatic carbocycles. The van der Waals surface area contributed by atoms with Crippen molar-refractivity contribution in [1.82, 2.24) is 4.57 Å². The molecule has 0 atom stereocenters. The number of aromatic carboxylic acids is 1. The van der Waals surface area contributed by atoms with Crippen LogP contribution in [0.25, 0.3) is 10.9 Å². The fraction of sp³-hybridized carbons (Fsp3) is 0.0909. The van der Waals surface area contributed by atoms with Gasteiger partial charge in [-0.1, -0.05) is 0 Å². The van der Waals surface area contributed by atoms with Crippen LogP contribution < -0.4 is 5.43 Å². The van der Waals surface area contributed by atoms with Gasteiger partial charge in [0.05, 0.1) is 10.9 Å². The summed E-state index contributed by atoms with van der Waals surface area (Å²) in [5, 5.41) is 8.50. The molecule has 17 heavy (non-hydrogen) atoms. The Morgan fingerprint density at radius 3 is 2.59 bits per heavy atom. The first-order valence-electron chi connectivity index (χ1n) is 4.63. The SMILES string of the molecule is Cn1cc(C(=O)O)c(=O)c2cc(F)cc(F)c21. The van der Waals surface area contributed by atoms with Gasteiger partial charge in [-0.2, -0.15) is 0 Å². The number of aromatic nitrogens is 1.